The van der Waals surface area contributed by atoms with E-state index in [2.05, 4.69) is 30.2 Å². The SMILES string of the molecule is CCc1nc(C(=O)NC[C@]2(O)CC[C@@H](S(C)(=O)=O)CC2)c(Cl)n1C1=C(OC)C=C(CC(C)C)CC1. The number of imidazole rings is 1. The van der Waals surface area contributed by atoms with Crippen LogP contribution in [0.5, 0.6) is 0 Å². The molecule has 0 atom stereocenters. The van der Waals surface area contributed by atoms with E-state index in [9.17, 15) is 18.3 Å². The minimum absolute atomic E-state index is 0.0142. The van der Waals surface area contributed by atoms with E-state index in [-0.39, 0.29) is 17.4 Å². The summed E-state index contributed by atoms with van der Waals surface area (Å²) in [5.74, 6) is 1.48. The van der Waals surface area contributed by atoms with Crippen molar-refractivity contribution < 1.29 is 23.1 Å². The number of rotatable bonds is 9. The third-order valence-corrected chi connectivity index (χ3v) is 8.96. The first-order valence-corrected chi connectivity index (χ1v) is 14.6. The molecule has 35 heavy (non-hydrogen) atoms. The Labute approximate surface area is 213 Å². The molecule has 2 N–H and O–H groups in total. The number of nitrogens with zero attached hydrogens (tertiary/aromatic N) is 2. The molecule has 1 saturated carbocycles. The molecule has 2 aliphatic carbocycles. The zero-order valence-electron chi connectivity index (χ0n) is 21.4. The largest absolute Gasteiger partial charge is 0.495 e. The van der Waals surface area contributed by atoms with Crippen LogP contribution in [0.2, 0.25) is 5.15 Å². The van der Waals surface area contributed by atoms with Crippen molar-refractivity contribution in [1.29, 1.82) is 0 Å². The molecule has 0 aliphatic heterocycles. The number of aryl methyl sites for hydroxylation is 1. The van der Waals surface area contributed by atoms with Gasteiger partial charge in [-0.05, 0) is 56.9 Å². The average molecular weight is 528 g/mol. The highest BCUT2D eigenvalue weighted by atomic mass is 35.5. The molecular weight excluding hydrogens is 490 g/mol. The van der Waals surface area contributed by atoms with E-state index in [1.807, 2.05) is 11.5 Å². The van der Waals surface area contributed by atoms with Crippen LogP contribution < -0.4 is 5.32 Å². The van der Waals surface area contributed by atoms with Gasteiger partial charge in [0.2, 0.25) is 0 Å². The van der Waals surface area contributed by atoms with E-state index >= 15 is 0 Å². The maximum Gasteiger partial charge on any atom is 0.273 e. The van der Waals surface area contributed by atoms with Gasteiger partial charge in [0.05, 0.1) is 23.7 Å². The Kier molecular flexibility index (Phi) is 8.76. The highest BCUT2D eigenvalue weighted by molar-refractivity contribution is 7.91. The van der Waals surface area contributed by atoms with Crippen molar-refractivity contribution in [3.63, 3.8) is 0 Å². The van der Waals surface area contributed by atoms with E-state index in [0.29, 0.717) is 43.8 Å². The lowest BCUT2D eigenvalue weighted by Crippen LogP contribution is -2.47. The smallest absolute Gasteiger partial charge is 0.273 e. The van der Waals surface area contributed by atoms with Crippen LogP contribution in [-0.2, 0) is 21.0 Å². The van der Waals surface area contributed by atoms with E-state index in [1.54, 1.807) is 7.11 Å². The highest BCUT2D eigenvalue weighted by Crippen LogP contribution is 2.35. The zero-order valence-corrected chi connectivity index (χ0v) is 22.9. The molecule has 0 bridgehead atoms. The molecule has 8 nitrogen and oxygen atoms in total. The monoisotopic (exact) mass is 527 g/mol. The minimum Gasteiger partial charge on any atom is -0.495 e. The summed E-state index contributed by atoms with van der Waals surface area (Å²) in [6.07, 6.45) is 7.86. The molecule has 3 rings (SSSR count). The van der Waals surface area contributed by atoms with Gasteiger partial charge in [0, 0.05) is 19.2 Å². The predicted molar refractivity (Wildman–Crippen MR) is 138 cm³/mol. The molecule has 1 amide bonds. The molecule has 2 aliphatic rings. The lowest BCUT2D eigenvalue weighted by Gasteiger charge is -2.35. The fraction of sp³-hybridized carbons (Fsp3) is 0.680. The van der Waals surface area contributed by atoms with Crippen molar-refractivity contribution in [3.05, 3.63) is 34.1 Å². The summed E-state index contributed by atoms with van der Waals surface area (Å²) in [6.45, 7) is 6.34. The lowest BCUT2D eigenvalue weighted by molar-refractivity contribution is 0.00607. The van der Waals surface area contributed by atoms with Crippen LogP contribution >= 0.6 is 11.6 Å². The van der Waals surface area contributed by atoms with Gasteiger partial charge in [-0.25, -0.2) is 13.4 Å². The standard InChI is InChI=1S/C25H38ClN3O5S/c1-6-21-28-22(24(30)27-15-25(31)11-9-18(10-12-25)35(5,32)33)23(26)29(21)19-8-7-17(13-16(2)3)14-20(19)34-4/h14,16,18,31H,6-13,15H2,1-5H3,(H,27,30)/t18-,25+. The number of aliphatic hydroxyl groups is 1. The third-order valence-electron chi connectivity index (χ3n) is 6.93. The van der Waals surface area contributed by atoms with Gasteiger partial charge in [0.1, 0.15) is 26.6 Å². The lowest BCUT2D eigenvalue weighted by atomic mass is 9.84. The molecule has 0 spiro atoms. The van der Waals surface area contributed by atoms with Crippen LogP contribution in [0.1, 0.15) is 82.0 Å². The first-order chi connectivity index (χ1) is 16.4. The van der Waals surface area contributed by atoms with Crippen molar-refractivity contribution in [3.8, 4) is 0 Å². The number of aromatic nitrogens is 2. The topological polar surface area (TPSA) is 111 Å². The van der Waals surface area contributed by atoms with E-state index < -0.39 is 26.6 Å². The predicted octanol–water partition coefficient (Wildman–Crippen LogP) is 4.13. The number of nitrogens with one attached hydrogen (secondary N) is 1. The molecule has 1 aromatic rings. The molecule has 196 valence electrons. The second kappa shape index (κ2) is 11.0. The summed E-state index contributed by atoms with van der Waals surface area (Å²) in [4.78, 5) is 17.5. The van der Waals surface area contributed by atoms with Crippen molar-refractivity contribution in [2.24, 2.45) is 5.92 Å². The van der Waals surface area contributed by atoms with Gasteiger partial charge >= 0.3 is 0 Å². The van der Waals surface area contributed by atoms with E-state index in [4.69, 9.17) is 16.3 Å². The number of sulfone groups is 1. The molecule has 0 unspecified atom stereocenters. The first kappa shape index (κ1) is 27.7. The number of ether oxygens (including phenoxy) is 1. The molecule has 1 heterocycles. The van der Waals surface area contributed by atoms with Crippen molar-refractivity contribution >= 4 is 33.0 Å². The molecule has 0 radical (unpaired) electrons. The Hall–Kier alpha value is -1.84. The van der Waals surface area contributed by atoms with Crippen LogP contribution in [0.15, 0.2) is 17.4 Å². The van der Waals surface area contributed by atoms with Gasteiger partial charge in [-0.15, -0.1) is 0 Å². The second-order valence-corrected chi connectivity index (χ2v) is 12.9. The maximum atomic E-state index is 13.0. The molecule has 1 aromatic heterocycles. The van der Waals surface area contributed by atoms with Crippen LogP contribution in [0, 0.1) is 5.92 Å². The first-order valence-electron chi connectivity index (χ1n) is 12.3. The van der Waals surface area contributed by atoms with Gasteiger partial charge in [-0.1, -0.05) is 37.9 Å². The number of halogens is 1. The zero-order chi connectivity index (χ0) is 26.0. The molecule has 0 saturated heterocycles. The summed E-state index contributed by atoms with van der Waals surface area (Å²) >= 11 is 6.70. The number of allylic oxidation sites excluding steroid dienone is 3. The number of carbonyl (C=O) groups excluding carboxylic acids is 1. The highest BCUT2D eigenvalue weighted by Gasteiger charge is 2.37. The summed E-state index contributed by atoms with van der Waals surface area (Å²) < 4.78 is 31.1. The van der Waals surface area contributed by atoms with Crippen LogP contribution in [0.25, 0.3) is 5.70 Å². The van der Waals surface area contributed by atoms with Crippen LogP contribution in [0.4, 0.5) is 0 Å². The summed E-state index contributed by atoms with van der Waals surface area (Å²) in [5, 5.41) is 13.4. The van der Waals surface area contributed by atoms with E-state index in [1.165, 1.54) is 11.8 Å². The fourth-order valence-electron chi connectivity index (χ4n) is 4.99. The fourth-order valence-corrected chi connectivity index (χ4v) is 6.41. The Morgan fingerprint density at radius 3 is 2.54 bits per heavy atom. The van der Waals surface area contributed by atoms with Crippen molar-refractivity contribution in [1.82, 2.24) is 14.9 Å². The summed E-state index contributed by atoms with van der Waals surface area (Å²) in [5.41, 5.74) is 1.17. The van der Waals surface area contributed by atoms with Gasteiger partial charge in [-0.3, -0.25) is 9.36 Å². The molecule has 0 aromatic carbocycles. The number of hydrogen-bond acceptors (Lipinski definition) is 6. The average Bonchev–Trinajstić information content (AvgIpc) is 3.13. The number of amides is 1. The Bertz CT molecular complexity index is 1110. The number of methoxy groups -OCH3 is 1. The number of hydrogen-bond donors (Lipinski definition) is 2. The van der Waals surface area contributed by atoms with Crippen molar-refractivity contribution in [2.45, 2.75) is 83.0 Å². The molecular formula is C25H38ClN3O5S. The molecule has 10 heteroatoms. The maximum absolute atomic E-state index is 13.0. The Balaban J connectivity index is 1.79. The van der Waals surface area contributed by atoms with E-state index in [0.717, 1.165) is 30.7 Å². The third kappa shape index (κ3) is 6.49. The second-order valence-electron chi connectivity index (χ2n) is 10.2. The Morgan fingerprint density at radius 1 is 1.34 bits per heavy atom. The summed E-state index contributed by atoms with van der Waals surface area (Å²) in [6, 6.07) is 0. The minimum atomic E-state index is -3.14. The van der Waals surface area contributed by atoms with Gasteiger partial charge in [0.15, 0.2) is 5.69 Å². The van der Waals surface area contributed by atoms with Crippen LogP contribution in [-0.4, -0.2) is 59.7 Å². The summed E-state index contributed by atoms with van der Waals surface area (Å²) in [7, 11) is -1.50. The molecule has 1 fully saturated rings. The van der Waals surface area contributed by atoms with Gasteiger partial charge in [0.25, 0.3) is 5.91 Å². The quantitative estimate of drug-likeness (QED) is 0.499. The Morgan fingerprint density at radius 2 is 2.00 bits per heavy atom. The van der Waals surface area contributed by atoms with Crippen LogP contribution in [0.3, 0.4) is 0 Å². The van der Waals surface area contributed by atoms with Crippen molar-refractivity contribution in [2.75, 3.05) is 19.9 Å². The van der Waals surface area contributed by atoms with Gasteiger partial charge in [-0.2, -0.15) is 0 Å². The van der Waals surface area contributed by atoms with Gasteiger partial charge < -0.3 is 15.2 Å². The normalized spacial score (nSPS) is 23.4. The number of carbonyl (C=O) groups is 1.